The topological polar surface area (TPSA) is 80.6 Å². The summed E-state index contributed by atoms with van der Waals surface area (Å²) in [7, 11) is 0. The van der Waals surface area contributed by atoms with Crippen LogP contribution in [0.2, 0.25) is 0 Å². The maximum atomic E-state index is 13.2. The van der Waals surface area contributed by atoms with Gasteiger partial charge in [0.05, 0.1) is 6.04 Å². The van der Waals surface area contributed by atoms with Crippen molar-refractivity contribution in [1.82, 2.24) is 9.88 Å². The summed E-state index contributed by atoms with van der Waals surface area (Å²) in [6.45, 7) is 14.6. The molecule has 39 heavy (non-hydrogen) atoms. The lowest BCUT2D eigenvalue weighted by Crippen LogP contribution is -2.26. The molecule has 0 aliphatic carbocycles. The van der Waals surface area contributed by atoms with Crippen LogP contribution < -0.4 is 10.1 Å². The van der Waals surface area contributed by atoms with E-state index in [1.54, 1.807) is 6.07 Å². The van der Waals surface area contributed by atoms with Gasteiger partial charge in [-0.1, -0.05) is 50.2 Å². The average molecular weight is 527 g/mol. The second-order valence-corrected chi connectivity index (χ2v) is 10.7. The van der Waals surface area contributed by atoms with Gasteiger partial charge in [0.15, 0.2) is 6.10 Å². The second kappa shape index (κ2) is 11.4. The van der Waals surface area contributed by atoms with Crippen LogP contribution in [-0.4, -0.2) is 27.7 Å². The number of benzene rings is 3. The van der Waals surface area contributed by atoms with Gasteiger partial charge in [0.2, 0.25) is 0 Å². The predicted octanol–water partition coefficient (Wildman–Crippen LogP) is 7.08. The van der Waals surface area contributed by atoms with Crippen molar-refractivity contribution < 1.29 is 19.4 Å². The van der Waals surface area contributed by atoms with Crippen LogP contribution in [0.15, 0.2) is 60.7 Å². The lowest BCUT2D eigenvalue weighted by molar-refractivity contribution is -0.144. The highest BCUT2D eigenvalue weighted by Crippen LogP contribution is 2.30. The molecule has 0 saturated heterocycles. The SMILES string of the molecule is Cc1c(Cn2c(C)c(C)c3cc(C(=O)N[C@@H](C)c4cccc(C(C)C)c4)ccc32)cccc1O[C@@H](C)C(=O)O. The Morgan fingerprint density at radius 3 is 2.28 bits per heavy atom. The van der Waals surface area contributed by atoms with E-state index in [1.807, 2.05) is 50.2 Å². The summed E-state index contributed by atoms with van der Waals surface area (Å²) >= 11 is 0. The van der Waals surface area contributed by atoms with Gasteiger partial charge in [-0.05, 0) is 92.6 Å². The first kappa shape index (κ1) is 28.0. The van der Waals surface area contributed by atoms with E-state index in [9.17, 15) is 14.7 Å². The number of aromatic nitrogens is 1. The summed E-state index contributed by atoms with van der Waals surface area (Å²) in [6.07, 6.45) is -0.929. The van der Waals surface area contributed by atoms with Gasteiger partial charge in [-0.15, -0.1) is 0 Å². The van der Waals surface area contributed by atoms with Crippen molar-refractivity contribution in [1.29, 1.82) is 0 Å². The third-order valence-electron chi connectivity index (χ3n) is 7.70. The second-order valence-electron chi connectivity index (χ2n) is 10.7. The smallest absolute Gasteiger partial charge is 0.344 e. The number of carboxylic acids is 1. The Hall–Kier alpha value is -4.06. The van der Waals surface area contributed by atoms with E-state index >= 15 is 0 Å². The molecule has 0 radical (unpaired) electrons. The maximum absolute atomic E-state index is 13.2. The Morgan fingerprint density at radius 2 is 1.59 bits per heavy atom. The number of carbonyl (C=O) groups excluding carboxylic acids is 1. The van der Waals surface area contributed by atoms with Crippen LogP contribution in [-0.2, 0) is 11.3 Å². The third-order valence-corrected chi connectivity index (χ3v) is 7.70. The molecule has 2 N–H and O–H groups in total. The Balaban J connectivity index is 1.59. The van der Waals surface area contributed by atoms with Crippen LogP contribution in [0.25, 0.3) is 10.9 Å². The highest BCUT2D eigenvalue weighted by atomic mass is 16.5. The predicted molar refractivity (Wildman–Crippen MR) is 156 cm³/mol. The zero-order valence-electron chi connectivity index (χ0n) is 23.8. The van der Waals surface area contributed by atoms with Gasteiger partial charge in [-0.25, -0.2) is 4.79 Å². The summed E-state index contributed by atoms with van der Waals surface area (Å²) < 4.78 is 7.91. The summed E-state index contributed by atoms with van der Waals surface area (Å²) in [5.41, 5.74) is 8.22. The van der Waals surface area contributed by atoms with Gasteiger partial charge in [0.25, 0.3) is 5.91 Å². The Kier molecular flexibility index (Phi) is 8.14. The van der Waals surface area contributed by atoms with E-state index in [1.165, 1.54) is 12.5 Å². The molecular weight excluding hydrogens is 488 g/mol. The Bertz CT molecular complexity index is 1530. The van der Waals surface area contributed by atoms with Crippen molar-refractivity contribution in [2.24, 2.45) is 0 Å². The summed E-state index contributed by atoms with van der Waals surface area (Å²) in [4.78, 5) is 24.5. The fourth-order valence-electron chi connectivity index (χ4n) is 4.92. The number of ether oxygens (including phenoxy) is 1. The number of nitrogens with zero attached hydrogens (tertiary/aromatic N) is 1. The molecular formula is C33H38N2O4. The normalized spacial score (nSPS) is 12.9. The van der Waals surface area contributed by atoms with Crippen LogP contribution in [0.5, 0.6) is 5.75 Å². The van der Waals surface area contributed by atoms with Crippen molar-refractivity contribution in [3.63, 3.8) is 0 Å². The van der Waals surface area contributed by atoms with Crippen LogP contribution in [0.1, 0.15) is 83.5 Å². The molecule has 0 aliphatic rings. The fraction of sp³-hybridized carbons (Fsp3) is 0.333. The molecule has 1 heterocycles. The van der Waals surface area contributed by atoms with Crippen LogP contribution in [0, 0.1) is 20.8 Å². The number of carboxylic acid groups (broad SMARTS) is 1. The lowest BCUT2D eigenvalue weighted by atomic mass is 9.98. The van der Waals surface area contributed by atoms with E-state index in [4.69, 9.17) is 4.74 Å². The number of hydrogen-bond acceptors (Lipinski definition) is 3. The van der Waals surface area contributed by atoms with Gasteiger partial charge in [-0.2, -0.15) is 0 Å². The van der Waals surface area contributed by atoms with Crippen LogP contribution in [0.3, 0.4) is 0 Å². The summed E-state index contributed by atoms with van der Waals surface area (Å²) in [5, 5.41) is 13.4. The van der Waals surface area contributed by atoms with Crippen molar-refractivity contribution in [3.8, 4) is 5.75 Å². The minimum absolute atomic E-state index is 0.0996. The highest BCUT2D eigenvalue weighted by Gasteiger charge is 2.19. The van der Waals surface area contributed by atoms with Crippen molar-refractivity contribution in [3.05, 3.63) is 99.7 Å². The molecule has 0 aliphatic heterocycles. The molecule has 6 heteroatoms. The maximum Gasteiger partial charge on any atom is 0.344 e. The number of fused-ring (bicyclic) bond motifs is 1. The van der Waals surface area contributed by atoms with E-state index in [0.29, 0.717) is 23.8 Å². The van der Waals surface area contributed by atoms with E-state index in [-0.39, 0.29) is 11.9 Å². The zero-order chi connectivity index (χ0) is 28.4. The molecule has 204 valence electrons. The first-order chi connectivity index (χ1) is 18.5. The van der Waals surface area contributed by atoms with E-state index in [0.717, 1.165) is 38.9 Å². The highest BCUT2D eigenvalue weighted by molar-refractivity contribution is 5.99. The summed E-state index contributed by atoms with van der Waals surface area (Å²) in [6, 6.07) is 19.9. The largest absolute Gasteiger partial charge is 0.479 e. The van der Waals surface area contributed by atoms with Crippen molar-refractivity contribution in [2.75, 3.05) is 0 Å². The summed E-state index contributed by atoms with van der Waals surface area (Å²) in [5.74, 6) is -0.101. The molecule has 0 fully saturated rings. The first-order valence-electron chi connectivity index (χ1n) is 13.5. The minimum atomic E-state index is -0.999. The molecule has 6 nitrogen and oxygen atoms in total. The Labute approximate surface area is 230 Å². The molecule has 4 rings (SSSR count). The molecule has 3 aromatic carbocycles. The standard InChI is InChI=1S/C33H38N2O4/c1-19(2)25-10-8-11-26(16-25)22(5)34-32(36)27-14-15-30-29(17-27)20(3)23(6)35(30)18-28-12-9-13-31(21(28)4)39-24(7)33(37)38/h8-17,19,22,24H,18H2,1-7H3,(H,34,36)(H,37,38)/t22-,24-/m0/s1. The number of amides is 1. The molecule has 1 amide bonds. The Morgan fingerprint density at radius 1 is 0.897 bits per heavy atom. The quantitative estimate of drug-likeness (QED) is 0.244. The number of carbonyl (C=O) groups is 2. The monoisotopic (exact) mass is 526 g/mol. The van der Waals surface area contributed by atoms with Gasteiger partial charge >= 0.3 is 5.97 Å². The third kappa shape index (κ3) is 5.85. The van der Waals surface area contributed by atoms with Gasteiger partial charge in [0.1, 0.15) is 5.75 Å². The number of aliphatic carboxylic acids is 1. The van der Waals surface area contributed by atoms with Gasteiger partial charge in [-0.3, -0.25) is 4.79 Å². The minimum Gasteiger partial charge on any atom is -0.479 e. The fourth-order valence-corrected chi connectivity index (χ4v) is 4.92. The van der Waals surface area contributed by atoms with Crippen molar-refractivity contribution in [2.45, 2.75) is 73.1 Å². The molecule has 1 aromatic heterocycles. The molecule has 0 spiro atoms. The number of aryl methyl sites for hydroxylation is 1. The molecule has 4 aromatic rings. The first-order valence-corrected chi connectivity index (χ1v) is 13.5. The van der Waals surface area contributed by atoms with Gasteiger partial charge in [0, 0.05) is 28.7 Å². The average Bonchev–Trinajstić information content (AvgIpc) is 3.14. The van der Waals surface area contributed by atoms with Gasteiger partial charge < -0.3 is 19.7 Å². The van der Waals surface area contributed by atoms with Crippen molar-refractivity contribution >= 4 is 22.8 Å². The number of rotatable bonds is 9. The number of hydrogen-bond donors (Lipinski definition) is 2. The van der Waals surface area contributed by atoms with E-state index < -0.39 is 12.1 Å². The number of nitrogens with one attached hydrogen (secondary N) is 1. The lowest BCUT2D eigenvalue weighted by Gasteiger charge is -2.17. The van der Waals surface area contributed by atoms with E-state index in [2.05, 4.69) is 55.8 Å². The molecule has 2 atom stereocenters. The van der Waals surface area contributed by atoms with Crippen LogP contribution in [0.4, 0.5) is 0 Å². The molecule has 0 bridgehead atoms. The molecule has 0 saturated carbocycles. The van der Waals surface area contributed by atoms with Crippen LogP contribution >= 0.6 is 0 Å². The zero-order valence-corrected chi connectivity index (χ0v) is 23.8. The molecule has 0 unspecified atom stereocenters.